The lowest BCUT2D eigenvalue weighted by molar-refractivity contribution is 0.0806. The zero-order chi connectivity index (χ0) is 13.3. The number of nitrogens with two attached hydrogens (primary N) is 1. The lowest BCUT2D eigenvalue weighted by atomic mass is 9.74. The third-order valence-corrected chi connectivity index (χ3v) is 4.18. The molecule has 0 aliphatic heterocycles. The van der Waals surface area contributed by atoms with Gasteiger partial charge in [-0.3, -0.25) is 0 Å². The molecule has 0 atom stereocenters. The van der Waals surface area contributed by atoms with Crippen molar-refractivity contribution in [1.29, 1.82) is 0 Å². The molecule has 0 aromatic heterocycles. The maximum atomic E-state index is 6.45. The van der Waals surface area contributed by atoms with Crippen LogP contribution in [0, 0.1) is 5.92 Å². The minimum atomic E-state index is 0.0471. The van der Waals surface area contributed by atoms with Crippen molar-refractivity contribution >= 4 is 0 Å². The Morgan fingerprint density at radius 3 is 2.50 bits per heavy atom. The van der Waals surface area contributed by atoms with E-state index in [4.69, 9.17) is 15.2 Å². The van der Waals surface area contributed by atoms with Gasteiger partial charge in [-0.15, -0.1) is 0 Å². The molecule has 18 heavy (non-hydrogen) atoms. The molecule has 1 fully saturated rings. The minimum absolute atomic E-state index is 0.0471. The fraction of sp³-hybridized carbons (Fsp3) is 1.00. The summed E-state index contributed by atoms with van der Waals surface area (Å²) in [6, 6.07) is 0. The number of methoxy groups -OCH3 is 1. The molecule has 1 saturated carbocycles. The van der Waals surface area contributed by atoms with Crippen LogP contribution in [0.1, 0.15) is 58.3 Å². The van der Waals surface area contributed by atoms with Crippen LogP contribution in [0.5, 0.6) is 0 Å². The van der Waals surface area contributed by atoms with E-state index in [9.17, 15) is 0 Å². The predicted molar refractivity (Wildman–Crippen MR) is 75.7 cm³/mol. The van der Waals surface area contributed by atoms with E-state index in [0.29, 0.717) is 0 Å². The van der Waals surface area contributed by atoms with Crippen molar-refractivity contribution < 1.29 is 9.47 Å². The normalized spacial score (nSPS) is 28.5. The summed E-state index contributed by atoms with van der Waals surface area (Å²) in [7, 11) is 1.73. The highest BCUT2D eigenvalue weighted by Gasteiger charge is 2.30. The summed E-state index contributed by atoms with van der Waals surface area (Å²) in [5, 5.41) is 0. The molecule has 2 N–H and O–H groups in total. The standard InChI is InChI=1S/C15H31NO2/c1-3-5-14-6-8-15(16,9-7-14)10-13-18-12-4-11-17-2/h14H,3-13,16H2,1-2H3. The van der Waals surface area contributed by atoms with Crippen molar-refractivity contribution in [3.63, 3.8) is 0 Å². The van der Waals surface area contributed by atoms with Gasteiger partial charge < -0.3 is 15.2 Å². The van der Waals surface area contributed by atoms with Crippen molar-refractivity contribution in [3.05, 3.63) is 0 Å². The second-order valence-electron chi connectivity index (χ2n) is 5.80. The Kier molecular flexibility index (Phi) is 7.87. The Bertz CT molecular complexity index is 201. The Balaban J connectivity index is 2.07. The fourth-order valence-corrected chi connectivity index (χ4v) is 2.88. The molecule has 0 bridgehead atoms. The second-order valence-corrected chi connectivity index (χ2v) is 5.80. The predicted octanol–water partition coefficient (Wildman–Crippen LogP) is 3.12. The molecule has 0 heterocycles. The second kappa shape index (κ2) is 8.89. The zero-order valence-corrected chi connectivity index (χ0v) is 12.2. The Morgan fingerprint density at radius 1 is 1.17 bits per heavy atom. The van der Waals surface area contributed by atoms with Gasteiger partial charge in [0.2, 0.25) is 0 Å². The minimum Gasteiger partial charge on any atom is -0.385 e. The molecule has 1 rings (SSSR count). The molecule has 0 aromatic carbocycles. The molecule has 0 unspecified atom stereocenters. The van der Waals surface area contributed by atoms with Crippen molar-refractivity contribution in [2.45, 2.75) is 63.8 Å². The Labute approximate surface area is 112 Å². The monoisotopic (exact) mass is 257 g/mol. The molecule has 0 amide bonds. The van der Waals surface area contributed by atoms with E-state index < -0.39 is 0 Å². The van der Waals surface area contributed by atoms with Crippen LogP contribution in [0.15, 0.2) is 0 Å². The first-order chi connectivity index (χ1) is 8.70. The summed E-state index contributed by atoms with van der Waals surface area (Å²) >= 11 is 0. The Hall–Kier alpha value is -0.120. The van der Waals surface area contributed by atoms with Crippen LogP contribution < -0.4 is 5.73 Å². The van der Waals surface area contributed by atoms with E-state index in [1.54, 1.807) is 7.11 Å². The average molecular weight is 257 g/mol. The van der Waals surface area contributed by atoms with Gasteiger partial charge in [0.15, 0.2) is 0 Å². The van der Waals surface area contributed by atoms with E-state index in [1.807, 2.05) is 0 Å². The van der Waals surface area contributed by atoms with Gasteiger partial charge in [-0.05, 0) is 44.4 Å². The van der Waals surface area contributed by atoms with Crippen molar-refractivity contribution in [2.75, 3.05) is 26.9 Å². The van der Waals surface area contributed by atoms with Crippen LogP contribution in [0.4, 0.5) is 0 Å². The van der Waals surface area contributed by atoms with Crippen LogP contribution >= 0.6 is 0 Å². The highest BCUT2D eigenvalue weighted by atomic mass is 16.5. The maximum Gasteiger partial charge on any atom is 0.0487 e. The third-order valence-electron chi connectivity index (χ3n) is 4.18. The number of hydrogen-bond donors (Lipinski definition) is 1. The highest BCUT2D eigenvalue weighted by Crippen LogP contribution is 2.34. The lowest BCUT2D eigenvalue weighted by Gasteiger charge is -2.37. The van der Waals surface area contributed by atoms with Crippen LogP contribution in [0.3, 0.4) is 0 Å². The summed E-state index contributed by atoms with van der Waals surface area (Å²) in [6.45, 7) is 4.66. The topological polar surface area (TPSA) is 44.5 Å². The van der Waals surface area contributed by atoms with Gasteiger partial charge in [-0.25, -0.2) is 0 Å². The van der Waals surface area contributed by atoms with E-state index in [2.05, 4.69) is 6.92 Å². The Morgan fingerprint density at radius 2 is 1.89 bits per heavy atom. The van der Waals surface area contributed by atoms with Crippen molar-refractivity contribution in [1.82, 2.24) is 0 Å². The lowest BCUT2D eigenvalue weighted by Crippen LogP contribution is -2.44. The van der Waals surface area contributed by atoms with Crippen LogP contribution in [0.25, 0.3) is 0 Å². The molecule has 0 saturated heterocycles. The molecule has 108 valence electrons. The maximum absolute atomic E-state index is 6.45. The van der Waals surface area contributed by atoms with Crippen LogP contribution in [-0.2, 0) is 9.47 Å². The molecule has 1 aliphatic rings. The van der Waals surface area contributed by atoms with E-state index in [-0.39, 0.29) is 5.54 Å². The number of hydrogen-bond acceptors (Lipinski definition) is 3. The quantitative estimate of drug-likeness (QED) is 0.645. The van der Waals surface area contributed by atoms with Gasteiger partial charge in [0.25, 0.3) is 0 Å². The molecule has 1 aliphatic carbocycles. The van der Waals surface area contributed by atoms with Gasteiger partial charge in [0, 0.05) is 32.5 Å². The van der Waals surface area contributed by atoms with Crippen LogP contribution in [0.2, 0.25) is 0 Å². The summed E-state index contributed by atoms with van der Waals surface area (Å²) < 4.78 is 10.6. The van der Waals surface area contributed by atoms with Crippen LogP contribution in [-0.4, -0.2) is 32.5 Å². The molecule has 3 nitrogen and oxygen atoms in total. The summed E-state index contributed by atoms with van der Waals surface area (Å²) in [5.74, 6) is 0.925. The largest absolute Gasteiger partial charge is 0.385 e. The average Bonchev–Trinajstić information content (AvgIpc) is 2.37. The molecule has 0 radical (unpaired) electrons. The summed E-state index contributed by atoms with van der Waals surface area (Å²) in [4.78, 5) is 0. The van der Waals surface area contributed by atoms with Crippen molar-refractivity contribution in [3.8, 4) is 0 Å². The molecular formula is C15H31NO2. The smallest absolute Gasteiger partial charge is 0.0487 e. The molecule has 0 spiro atoms. The zero-order valence-electron chi connectivity index (χ0n) is 12.2. The van der Waals surface area contributed by atoms with Gasteiger partial charge in [0.05, 0.1) is 0 Å². The van der Waals surface area contributed by atoms with Gasteiger partial charge in [-0.1, -0.05) is 19.8 Å². The summed E-state index contributed by atoms with van der Waals surface area (Å²) in [6.07, 6.45) is 9.67. The first-order valence-electron chi connectivity index (χ1n) is 7.56. The number of ether oxygens (including phenoxy) is 2. The van der Waals surface area contributed by atoms with Gasteiger partial charge in [-0.2, -0.15) is 0 Å². The van der Waals surface area contributed by atoms with E-state index >= 15 is 0 Å². The van der Waals surface area contributed by atoms with E-state index in [1.165, 1.54) is 38.5 Å². The first-order valence-corrected chi connectivity index (χ1v) is 7.56. The SMILES string of the molecule is CCCC1CCC(N)(CCOCCCOC)CC1. The fourth-order valence-electron chi connectivity index (χ4n) is 2.88. The third kappa shape index (κ3) is 6.17. The molecule has 3 heteroatoms. The first kappa shape index (κ1) is 15.9. The number of rotatable bonds is 9. The highest BCUT2D eigenvalue weighted by molar-refractivity contribution is 4.89. The molecular weight excluding hydrogens is 226 g/mol. The summed E-state index contributed by atoms with van der Waals surface area (Å²) in [5.41, 5.74) is 6.50. The van der Waals surface area contributed by atoms with E-state index in [0.717, 1.165) is 38.6 Å². The van der Waals surface area contributed by atoms with Gasteiger partial charge in [0.1, 0.15) is 0 Å². The molecule has 0 aromatic rings. The van der Waals surface area contributed by atoms with Crippen molar-refractivity contribution in [2.24, 2.45) is 11.7 Å². The van der Waals surface area contributed by atoms with Gasteiger partial charge >= 0.3 is 0 Å².